The van der Waals surface area contributed by atoms with E-state index in [1.807, 2.05) is 6.26 Å². The average molecular weight is 287 g/mol. The molecular weight excluding hydrogens is 262 g/mol. The number of hydrogen-bond acceptors (Lipinski definition) is 2. The molecule has 0 aliphatic rings. The van der Waals surface area contributed by atoms with Gasteiger partial charge in [0, 0.05) is 18.9 Å². The number of furan rings is 1. The lowest BCUT2D eigenvalue weighted by Gasteiger charge is -2.03. The van der Waals surface area contributed by atoms with E-state index >= 15 is 0 Å². The number of aryl methyl sites for hydroxylation is 1. The maximum Gasteiger partial charge on any atom is 0.216 e. The zero-order valence-corrected chi connectivity index (χ0v) is 13.1. The Kier molecular flexibility index (Phi) is 5.85. The van der Waals surface area contributed by atoms with Gasteiger partial charge in [-0.15, -0.1) is 0 Å². The average Bonchev–Trinajstić information content (AvgIpc) is 2.86. The van der Waals surface area contributed by atoms with Gasteiger partial charge in [0.05, 0.1) is 6.26 Å². The highest BCUT2D eigenvalue weighted by Crippen LogP contribution is 2.23. The Morgan fingerprint density at radius 3 is 2.81 bits per heavy atom. The number of benzene rings is 1. The maximum absolute atomic E-state index is 10.9. The van der Waals surface area contributed by atoms with Gasteiger partial charge in [-0.25, -0.2) is 0 Å². The highest BCUT2D eigenvalue weighted by atomic mass is 16.3. The van der Waals surface area contributed by atoms with Crippen LogP contribution in [0.15, 0.2) is 28.9 Å². The lowest BCUT2D eigenvalue weighted by molar-refractivity contribution is -0.118. The molecule has 2 aromatic rings. The second kappa shape index (κ2) is 7.87. The number of nitrogens with one attached hydrogen (secondary N) is 1. The van der Waals surface area contributed by atoms with Gasteiger partial charge in [-0.3, -0.25) is 4.79 Å². The predicted molar refractivity (Wildman–Crippen MR) is 86.4 cm³/mol. The van der Waals surface area contributed by atoms with E-state index in [0.717, 1.165) is 18.4 Å². The molecule has 0 fully saturated rings. The number of hydrogen-bond donors (Lipinski definition) is 1. The molecule has 2 rings (SSSR count). The fourth-order valence-electron chi connectivity index (χ4n) is 2.61. The first-order valence-electron chi connectivity index (χ1n) is 7.94. The molecule has 1 heterocycles. The highest BCUT2D eigenvalue weighted by molar-refractivity contribution is 5.82. The molecule has 1 N–H and O–H groups in total. The molecule has 3 nitrogen and oxygen atoms in total. The SMILES string of the molecule is CCCCCCc1ccc2occ(CCNC(C)=O)c2c1. The molecule has 0 unspecified atom stereocenters. The Morgan fingerprint density at radius 1 is 1.19 bits per heavy atom. The third kappa shape index (κ3) is 4.62. The minimum absolute atomic E-state index is 0.0133. The maximum atomic E-state index is 10.9. The molecule has 114 valence electrons. The Balaban J connectivity index is 2.00. The van der Waals surface area contributed by atoms with E-state index in [4.69, 9.17) is 4.42 Å². The van der Waals surface area contributed by atoms with Crippen molar-refractivity contribution in [2.45, 2.75) is 52.4 Å². The van der Waals surface area contributed by atoms with Crippen LogP contribution in [0, 0.1) is 0 Å². The predicted octanol–water partition coefficient (Wildman–Crippen LogP) is 4.23. The molecule has 0 aliphatic heterocycles. The van der Waals surface area contributed by atoms with E-state index < -0.39 is 0 Å². The molecule has 0 saturated carbocycles. The van der Waals surface area contributed by atoms with Gasteiger partial charge in [0.15, 0.2) is 0 Å². The van der Waals surface area contributed by atoms with E-state index in [-0.39, 0.29) is 5.91 Å². The third-order valence-corrected chi connectivity index (χ3v) is 3.81. The van der Waals surface area contributed by atoms with Crippen molar-refractivity contribution >= 4 is 16.9 Å². The summed E-state index contributed by atoms with van der Waals surface area (Å²) in [7, 11) is 0. The summed E-state index contributed by atoms with van der Waals surface area (Å²) in [4.78, 5) is 10.9. The Morgan fingerprint density at radius 2 is 2.05 bits per heavy atom. The smallest absolute Gasteiger partial charge is 0.216 e. The van der Waals surface area contributed by atoms with Crippen LogP contribution >= 0.6 is 0 Å². The minimum Gasteiger partial charge on any atom is -0.464 e. The Labute approximate surface area is 126 Å². The first-order chi connectivity index (χ1) is 10.2. The van der Waals surface area contributed by atoms with Crippen LogP contribution in [-0.4, -0.2) is 12.5 Å². The van der Waals surface area contributed by atoms with E-state index in [1.165, 1.54) is 42.2 Å². The number of carbonyl (C=O) groups is 1. The van der Waals surface area contributed by atoms with E-state index in [9.17, 15) is 4.79 Å². The van der Waals surface area contributed by atoms with Gasteiger partial charge in [0.1, 0.15) is 5.58 Å². The van der Waals surface area contributed by atoms with Crippen LogP contribution in [-0.2, 0) is 17.6 Å². The zero-order valence-electron chi connectivity index (χ0n) is 13.1. The number of fused-ring (bicyclic) bond motifs is 1. The van der Waals surface area contributed by atoms with Crippen LogP contribution in [0.25, 0.3) is 11.0 Å². The fraction of sp³-hybridized carbons (Fsp3) is 0.500. The standard InChI is InChI=1S/C18H25NO2/c1-3-4-5-6-7-15-8-9-18-17(12-15)16(13-21-18)10-11-19-14(2)20/h8-9,12-13H,3-7,10-11H2,1-2H3,(H,19,20). The Bertz CT molecular complexity index is 586. The summed E-state index contributed by atoms with van der Waals surface area (Å²) < 4.78 is 5.59. The van der Waals surface area contributed by atoms with Gasteiger partial charge in [0.25, 0.3) is 0 Å². The van der Waals surface area contributed by atoms with Gasteiger partial charge in [-0.2, -0.15) is 0 Å². The molecule has 0 aliphatic carbocycles. The first kappa shape index (κ1) is 15.6. The number of amides is 1. The van der Waals surface area contributed by atoms with Crippen LogP contribution < -0.4 is 5.32 Å². The van der Waals surface area contributed by atoms with Crippen LogP contribution in [0.4, 0.5) is 0 Å². The normalized spacial score (nSPS) is 11.0. The molecule has 0 radical (unpaired) electrons. The van der Waals surface area contributed by atoms with Crippen molar-refractivity contribution in [1.82, 2.24) is 5.32 Å². The summed E-state index contributed by atoms with van der Waals surface area (Å²) in [5.74, 6) is 0.0133. The van der Waals surface area contributed by atoms with E-state index in [2.05, 4.69) is 30.4 Å². The van der Waals surface area contributed by atoms with Gasteiger partial charge in [-0.05, 0) is 42.5 Å². The van der Waals surface area contributed by atoms with Crippen LogP contribution in [0.1, 0.15) is 50.7 Å². The molecule has 1 aromatic heterocycles. The van der Waals surface area contributed by atoms with Crippen molar-refractivity contribution in [2.24, 2.45) is 0 Å². The number of unbranched alkanes of at least 4 members (excludes halogenated alkanes) is 3. The van der Waals surface area contributed by atoms with Gasteiger partial charge < -0.3 is 9.73 Å². The molecule has 21 heavy (non-hydrogen) atoms. The molecule has 0 atom stereocenters. The summed E-state index contributed by atoms with van der Waals surface area (Å²) in [5.41, 5.74) is 3.49. The summed E-state index contributed by atoms with van der Waals surface area (Å²) in [6.07, 6.45) is 8.89. The number of rotatable bonds is 8. The first-order valence-corrected chi connectivity index (χ1v) is 7.94. The topological polar surface area (TPSA) is 42.2 Å². The third-order valence-electron chi connectivity index (χ3n) is 3.81. The van der Waals surface area contributed by atoms with Crippen LogP contribution in [0.3, 0.4) is 0 Å². The van der Waals surface area contributed by atoms with Crippen molar-refractivity contribution in [2.75, 3.05) is 6.54 Å². The summed E-state index contributed by atoms with van der Waals surface area (Å²) in [6.45, 7) is 4.44. The monoisotopic (exact) mass is 287 g/mol. The second-order valence-corrected chi connectivity index (χ2v) is 5.64. The van der Waals surface area contributed by atoms with Gasteiger partial charge in [-0.1, -0.05) is 32.3 Å². The molecule has 0 bridgehead atoms. The van der Waals surface area contributed by atoms with Crippen molar-refractivity contribution in [3.8, 4) is 0 Å². The second-order valence-electron chi connectivity index (χ2n) is 5.64. The largest absolute Gasteiger partial charge is 0.464 e. The molecule has 0 spiro atoms. The molecule has 3 heteroatoms. The quantitative estimate of drug-likeness (QED) is 0.738. The lowest BCUT2D eigenvalue weighted by Crippen LogP contribution is -2.22. The lowest BCUT2D eigenvalue weighted by atomic mass is 10.0. The van der Waals surface area contributed by atoms with Crippen LogP contribution in [0.5, 0.6) is 0 Å². The molecular formula is C18H25NO2. The van der Waals surface area contributed by atoms with E-state index in [0.29, 0.717) is 6.54 Å². The van der Waals surface area contributed by atoms with Crippen molar-refractivity contribution in [3.05, 3.63) is 35.6 Å². The summed E-state index contributed by atoms with van der Waals surface area (Å²) in [5, 5.41) is 4.02. The zero-order chi connectivity index (χ0) is 15.1. The van der Waals surface area contributed by atoms with Crippen LogP contribution in [0.2, 0.25) is 0 Å². The summed E-state index contributed by atoms with van der Waals surface area (Å²) in [6, 6.07) is 6.47. The number of carbonyl (C=O) groups excluding carboxylic acids is 1. The molecule has 1 amide bonds. The van der Waals surface area contributed by atoms with Crippen molar-refractivity contribution in [1.29, 1.82) is 0 Å². The van der Waals surface area contributed by atoms with Crippen molar-refractivity contribution in [3.63, 3.8) is 0 Å². The van der Waals surface area contributed by atoms with Gasteiger partial charge in [0.2, 0.25) is 5.91 Å². The summed E-state index contributed by atoms with van der Waals surface area (Å²) >= 11 is 0. The minimum atomic E-state index is 0.0133. The van der Waals surface area contributed by atoms with Gasteiger partial charge >= 0.3 is 0 Å². The molecule has 0 saturated heterocycles. The van der Waals surface area contributed by atoms with Crippen molar-refractivity contribution < 1.29 is 9.21 Å². The highest BCUT2D eigenvalue weighted by Gasteiger charge is 2.07. The molecule has 1 aromatic carbocycles. The fourth-order valence-corrected chi connectivity index (χ4v) is 2.61. The Hall–Kier alpha value is -1.77. The van der Waals surface area contributed by atoms with E-state index in [1.54, 1.807) is 6.92 Å².